The Hall–Kier alpha value is -2.01. The van der Waals surface area contributed by atoms with Crippen molar-refractivity contribution in [2.24, 2.45) is 0 Å². The summed E-state index contributed by atoms with van der Waals surface area (Å²) in [6.45, 7) is 3.93. The van der Waals surface area contributed by atoms with Crippen LogP contribution in [0.2, 0.25) is 0 Å². The summed E-state index contributed by atoms with van der Waals surface area (Å²) in [6, 6.07) is 11.5. The summed E-state index contributed by atoms with van der Waals surface area (Å²) in [5, 5.41) is 0. The van der Waals surface area contributed by atoms with Crippen molar-refractivity contribution in [2.45, 2.75) is 13.8 Å². The second-order valence-corrected chi connectivity index (χ2v) is 6.03. The molecule has 0 unspecified atom stereocenters. The van der Waals surface area contributed by atoms with Crippen LogP contribution in [0.4, 0.5) is 0 Å². The number of hydrogen-bond donors (Lipinski definition) is 0. The van der Waals surface area contributed by atoms with Gasteiger partial charge in [-0.25, -0.2) is 0 Å². The maximum atomic E-state index is 5.84. The third-order valence-electron chi connectivity index (χ3n) is 3.11. The predicted octanol–water partition coefficient (Wildman–Crippen LogP) is 4.01. The zero-order valence-corrected chi connectivity index (χ0v) is 11.3. The van der Waals surface area contributed by atoms with Crippen LogP contribution in [0.25, 0.3) is 0 Å². The molecular formula is C14H12O4S. The molecule has 4 nitrogen and oxygen atoms in total. The Bertz CT molecular complexity index is 624. The van der Waals surface area contributed by atoms with Gasteiger partial charge in [0.25, 0.3) is 0 Å². The zero-order valence-electron chi connectivity index (χ0n) is 10.5. The highest BCUT2D eigenvalue weighted by Crippen LogP contribution is 2.66. The Balaban J connectivity index is 1.75. The van der Waals surface area contributed by atoms with Gasteiger partial charge in [-0.2, -0.15) is 0 Å². The van der Waals surface area contributed by atoms with E-state index in [9.17, 15) is 0 Å². The first-order valence-electron chi connectivity index (χ1n) is 5.97. The first kappa shape index (κ1) is 10.9. The Kier molecular flexibility index (Phi) is 2.01. The molecule has 0 saturated heterocycles. The molecule has 0 aromatic heterocycles. The molecule has 2 heterocycles. The minimum absolute atomic E-state index is 0.667. The quantitative estimate of drug-likeness (QED) is 0.728. The Morgan fingerprint density at radius 1 is 0.684 bits per heavy atom. The van der Waals surface area contributed by atoms with Crippen molar-refractivity contribution in [3.63, 3.8) is 0 Å². The van der Waals surface area contributed by atoms with Crippen molar-refractivity contribution in [1.29, 1.82) is 0 Å². The molecule has 98 valence electrons. The Labute approximate surface area is 113 Å². The van der Waals surface area contributed by atoms with Gasteiger partial charge in [-0.05, 0) is 37.1 Å². The number of para-hydroxylation sites is 2. The third-order valence-corrected chi connectivity index (χ3v) is 4.61. The monoisotopic (exact) mass is 276 g/mol. The van der Waals surface area contributed by atoms with Crippen molar-refractivity contribution < 1.29 is 16.7 Å². The molecule has 4 rings (SSSR count). The van der Waals surface area contributed by atoms with Crippen LogP contribution in [0, 0.1) is 13.8 Å². The van der Waals surface area contributed by atoms with Gasteiger partial charge in [0.2, 0.25) is 0 Å². The number of aryl methyl sites for hydroxylation is 2. The first-order chi connectivity index (χ1) is 9.17. The van der Waals surface area contributed by atoms with Crippen LogP contribution >= 0.6 is 11.2 Å². The molecule has 2 aromatic rings. The normalized spacial score (nSPS) is 18.6. The SMILES string of the molecule is Cc1cccc2c1OS1(O2)Oc2cccc(C)c2O1. The van der Waals surface area contributed by atoms with Gasteiger partial charge in [0.05, 0.1) is 0 Å². The second-order valence-electron chi connectivity index (χ2n) is 4.55. The van der Waals surface area contributed by atoms with E-state index in [4.69, 9.17) is 16.7 Å². The molecule has 2 aliphatic rings. The molecule has 0 aliphatic carbocycles. The van der Waals surface area contributed by atoms with Crippen LogP contribution < -0.4 is 16.7 Å². The molecule has 0 atom stereocenters. The molecule has 0 radical (unpaired) electrons. The average Bonchev–Trinajstić information content (AvgIpc) is 2.92. The number of benzene rings is 2. The standard InChI is InChI=1S/C14H12O4S/c1-9-5-3-7-11-13(9)17-19(15-11)16-12-8-4-6-10(2)14(12)18-19/h3-8H,1-2H3. The van der Waals surface area contributed by atoms with E-state index in [2.05, 4.69) is 0 Å². The molecule has 2 aliphatic heterocycles. The van der Waals surface area contributed by atoms with E-state index in [-0.39, 0.29) is 0 Å². The number of rotatable bonds is 0. The average molecular weight is 276 g/mol. The third kappa shape index (κ3) is 1.48. The lowest BCUT2D eigenvalue weighted by atomic mass is 10.2. The molecule has 1 spiro atoms. The molecule has 0 saturated carbocycles. The van der Waals surface area contributed by atoms with Gasteiger partial charge in [0, 0.05) is 0 Å². The summed E-state index contributed by atoms with van der Waals surface area (Å²) in [6.07, 6.45) is 0. The maximum absolute atomic E-state index is 5.84. The van der Waals surface area contributed by atoms with E-state index < -0.39 is 11.2 Å². The van der Waals surface area contributed by atoms with E-state index in [1.54, 1.807) is 0 Å². The van der Waals surface area contributed by atoms with E-state index in [1.165, 1.54) is 0 Å². The van der Waals surface area contributed by atoms with Crippen molar-refractivity contribution in [2.75, 3.05) is 0 Å². The molecule has 0 N–H and O–H groups in total. The van der Waals surface area contributed by atoms with Gasteiger partial charge in [-0.15, -0.1) is 0 Å². The van der Waals surface area contributed by atoms with Gasteiger partial charge in [0.15, 0.2) is 23.0 Å². The fourth-order valence-electron chi connectivity index (χ4n) is 2.12. The summed E-state index contributed by atoms with van der Waals surface area (Å²) in [7, 11) is 0. The van der Waals surface area contributed by atoms with Crippen molar-refractivity contribution in [1.82, 2.24) is 0 Å². The van der Waals surface area contributed by atoms with E-state index >= 15 is 0 Å². The summed E-state index contributed by atoms with van der Waals surface area (Å²) in [5.41, 5.74) is 2.00. The predicted molar refractivity (Wildman–Crippen MR) is 72.5 cm³/mol. The molecule has 2 aromatic carbocycles. The fourth-order valence-corrected chi connectivity index (χ4v) is 3.86. The summed E-state index contributed by atoms with van der Waals surface area (Å²) >= 11 is -2.49. The van der Waals surface area contributed by atoms with E-state index in [0.717, 1.165) is 11.1 Å². The molecule has 0 fully saturated rings. The maximum Gasteiger partial charge on any atom is 0.429 e. The highest BCUT2D eigenvalue weighted by molar-refractivity contribution is 8.19. The molecule has 0 amide bonds. The summed E-state index contributed by atoms with van der Waals surface area (Å²) < 4.78 is 23.3. The molecule has 19 heavy (non-hydrogen) atoms. The minimum atomic E-state index is -2.49. The lowest BCUT2D eigenvalue weighted by Crippen LogP contribution is -2.16. The minimum Gasteiger partial charge on any atom is -0.353 e. The van der Waals surface area contributed by atoms with Crippen LogP contribution in [0.5, 0.6) is 23.0 Å². The lowest BCUT2D eigenvalue weighted by molar-refractivity contribution is 0.381. The number of hydrogen-bond acceptors (Lipinski definition) is 4. The van der Waals surface area contributed by atoms with Gasteiger partial charge in [0.1, 0.15) is 0 Å². The number of fused-ring (bicyclic) bond motifs is 2. The molecule has 5 heteroatoms. The van der Waals surface area contributed by atoms with Crippen LogP contribution in [0.15, 0.2) is 36.4 Å². The summed E-state index contributed by atoms with van der Waals surface area (Å²) in [4.78, 5) is 0. The van der Waals surface area contributed by atoms with Gasteiger partial charge >= 0.3 is 11.2 Å². The molecule has 0 bridgehead atoms. The van der Waals surface area contributed by atoms with Gasteiger partial charge < -0.3 is 16.7 Å². The first-order valence-corrected chi connectivity index (χ1v) is 7.30. The van der Waals surface area contributed by atoms with Crippen molar-refractivity contribution in [3.8, 4) is 23.0 Å². The van der Waals surface area contributed by atoms with Crippen molar-refractivity contribution >= 4 is 11.2 Å². The largest absolute Gasteiger partial charge is 0.429 e. The van der Waals surface area contributed by atoms with Crippen LogP contribution in [-0.4, -0.2) is 0 Å². The van der Waals surface area contributed by atoms with Gasteiger partial charge in [-0.1, -0.05) is 24.3 Å². The topological polar surface area (TPSA) is 36.9 Å². The van der Waals surface area contributed by atoms with Crippen LogP contribution in [0.3, 0.4) is 0 Å². The Morgan fingerprint density at radius 3 is 1.58 bits per heavy atom. The Morgan fingerprint density at radius 2 is 1.16 bits per heavy atom. The highest BCUT2D eigenvalue weighted by atomic mass is 32.3. The van der Waals surface area contributed by atoms with Crippen LogP contribution in [-0.2, 0) is 0 Å². The van der Waals surface area contributed by atoms with Gasteiger partial charge in [-0.3, -0.25) is 0 Å². The fraction of sp³-hybridized carbons (Fsp3) is 0.143. The van der Waals surface area contributed by atoms with E-state index in [0.29, 0.717) is 23.0 Å². The van der Waals surface area contributed by atoms with E-state index in [1.807, 2.05) is 50.2 Å². The lowest BCUT2D eigenvalue weighted by Gasteiger charge is -2.22. The zero-order chi connectivity index (χ0) is 13.0. The summed E-state index contributed by atoms with van der Waals surface area (Å²) in [5.74, 6) is 2.73. The second kappa shape index (κ2) is 3.51. The highest BCUT2D eigenvalue weighted by Gasteiger charge is 2.49. The smallest absolute Gasteiger partial charge is 0.353 e. The molecular weight excluding hydrogens is 264 g/mol. The van der Waals surface area contributed by atoms with Crippen molar-refractivity contribution in [3.05, 3.63) is 47.5 Å². The van der Waals surface area contributed by atoms with Crippen LogP contribution in [0.1, 0.15) is 11.1 Å².